The van der Waals surface area contributed by atoms with Crippen LogP contribution in [0.25, 0.3) is 0 Å². The van der Waals surface area contributed by atoms with Crippen LogP contribution in [-0.2, 0) is 16.6 Å². The molecular weight excluding hydrogens is 276 g/mol. The van der Waals surface area contributed by atoms with E-state index in [1.165, 1.54) is 0 Å². The van der Waals surface area contributed by atoms with E-state index in [1.54, 1.807) is 0 Å². The average Bonchev–Trinajstić information content (AvgIpc) is 2.81. The molecule has 0 spiro atoms. The smallest absolute Gasteiger partial charge is 0.243 e. The minimum Gasteiger partial charge on any atom is -0.391 e. The van der Waals surface area contributed by atoms with E-state index in [4.69, 9.17) is 5.11 Å². The zero-order valence-electron chi connectivity index (χ0n) is 10.2. The third-order valence-electron chi connectivity index (χ3n) is 3.28. The van der Waals surface area contributed by atoms with Crippen LogP contribution in [0.1, 0.15) is 31.2 Å². The Morgan fingerprint density at radius 3 is 2.47 bits per heavy atom. The van der Waals surface area contributed by atoms with Crippen LogP contribution in [-0.4, -0.2) is 19.6 Å². The summed E-state index contributed by atoms with van der Waals surface area (Å²) in [7, 11) is -4.03. The summed E-state index contributed by atoms with van der Waals surface area (Å²) in [6.07, 6.45) is 3.30. The van der Waals surface area contributed by atoms with E-state index in [0.29, 0.717) is 0 Å². The van der Waals surface area contributed by atoms with Gasteiger partial charge in [0.1, 0.15) is 10.7 Å². The number of sulfonamides is 1. The Morgan fingerprint density at radius 1 is 1.26 bits per heavy atom. The van der Waals surface area contributed by atoms with Crippen molar-refractivity contribution in [1.29, 1.82) is 0 Å². The molecule has 2 rings (SSSR count). The fourth-order valence-electron chi connectivity index (χ4n) is 2.26. The Bertz CT molecular complexity index is 569. The molecule has 0 bridgehead atoms. The van der Waals surface area contributed by atoms with Crippen LogP contribution < -0.4 is 4.72 Å². The van der Waals surface area contributed by atoms with Gasteiger partial charge in [-0.2, -0.15) is 0 Å². The molecule has 1 aromatic carbocycles. The summed E-state index contributed by atoms with van der Waals surface area (Å²) in [5, 5.41) is 8.88. The van der Waals surface area contributed by atoms with Gasteiger partial charge in [0.05, 0.1) is 12.2 Å². The van der Waals surface area contributed by atoms with Crippen LogP contribution in [0, 0.1) is 11.6 Å². The van der Waals surface area contributed by atoms with E-state index in [2.05, 4.69) is 4.72 Å². The Labute approximate surface area is 110 Å². The van der Waals surface area contributed by atoms with Crippen molar-refractivity contribution in [1.82, 2.24) is 4.72 Å². The molecule has 0 radical (unpaired) electrons. The largest absolute Gasteiger partial charge is 0.391 e. The number of benzene rings is 1. The number of nitrogens with one attached hydrogen (secondary N) is 1. The molecule has 0 heterocycles. The van der Waals surface area contributed by atoms with Crippen LogP contribution in [0.5, 0.6) is 0 Å². The first kappa shape index (κ1) is 14.4. The molecule has 0 unspecified atom stereocenters. The van der Waals surface area contributed by atoms with Crippen molar-refractivity contribution in [2.24, 2.45) is 0 Å². The molecule has 19 heavy (non-hydrogen) atoms. The normalized spacial score (nSPS) is 17.0. The number of rotatable bonds is 4. The lowest BCUT2D eigenvalue weighted by Crippen LogP contribution is -2.33. The summed E-state index contributed by atoms with van der Waals surface area (Å²) in [5.74, 6) is -2.19. The van der Waals surface area contributed by atoms with Gasteiger partial charge in [-0.05, 0) is 25.0 Å². The van der Waals surface area contributed by atoms with Crippen molar-refractivity contribution in [2.45, 2.75) is 43.2 Å². The van der Waals surface area contributed by atoms with Crippen molar-refractivity contribution in [2.75, 3.05) is 0 Å². The standard InChI is InChI=1S/C12H15F2NO3S/c13-10-5-6-11(12(14)9(10)7-16)19(17,18)15-8-3-1-2-4-8/h5-6,8,15-16H,1-4,7H2. The lowest BCUT2D eigenvalue weighted by Gasteiger charge is -2.14. The fourth-order valence-corrected chi connectivity index (χ4v) is 3.66. The third-order valence-corrected chi connectivity index (χ3v) is 4.81. The maximum absolute atomic E-state index is 13.9. The topological polar surface area (TPSA) is 66.4 Å². The molecule has 106 valence electrons. The number of hydrogen-bond acceptors (Lipinski definition) is 3. The van der Waals surface area contributed by atoms with Crippen LogP contribution in [0.2, 0.25) is 0 Å². The first-order chi connectivity index (χ1) is 8.95. The number of aliphatic hydroxyl groups excluding tert-OH is 1. The first-order valence-electron chi connectivity index (χ1n) is 6.06. The molecule has 1 aromatic rings. The van der Waals surface area contributed by atoms with Gasteiger partial charge in [-0.1, -0.05) is 12.8 Å². The van der Waals surface area contributed by atoms with E-state index in [-0.39, 0.29) is 6.04 Å². The molecule has 0 saturated heterocycles. The molecule has 1 aliphatic carbocycles. The lowest BCUT2D eigenvalue weighted by atomic mass is 10.2. The van der Waals surface area contributed by atoms with Crippen molar-refractivity contribution in [3.63, 3.8) is 0 Å². The SMILES string of the molecule is O=S(=O)(NC1CCCC1)c1ccc(F)c(CO)c1F. The maximum Gasteiger partial charge on any atom is 0.243 e. The predicted molar refractivity (Wildman–Crippen MR) is 64.9 cm³/mol. The number of halogens is 2. The van der Waals surface area contributed by atoms with Crippen molar-refractivity contribution in [3.8, 4) is 0 Å². The summed E-state index contributed by atoms with van der Waals surface area (Å²) in [6, 6.07) is 1.52. The van der Waals surface area contributed by atoms with Crippen LogP contribution in [0.4, 0.5) is 8.78 Å². The average molecular weight is 291 g/mol. The van der Waals surface area contributed by atoms with Gasteiger partial charge in [-0.3, -0.25) is 0 Å². The lowest BCUT2D eigenvalue weighted by molar-refractivity contribution is 0.267. The summed E-state index contributed by atoms with van der Waals surface area (Å²) in [5.41, 5.74) is -0.630. The molecule has 7 heteroatoms. The van der Waals surface area contributed by atoms with Crippen molar-refractivity contribution >= 4 is 10.0 Å². The maximum atomic E-state index is 13.9. The molecule has 1 fully saturated rings. The van der Waals surface area contributed by atoms with Crippen LogP contribution >= 0.6 is 0 Å². The quantitative estimate of drug-likeness (QED) is 0.887. The Kier molecular flexibility index (Phi) is 4.17. The van der Waals surface area contributed by atoms with Gasteiger partial charge >= 0.3 is 0 Å². The fraction of sp³-hybridized carbons (Fsp3) is 0.500. The molecular formula is C12H15F2NO3S. The summed E-state index contributed by atoms with van der Waals surface area (Å²) in [6.45, 7) is -0.884. The van der Waals surface area contributed by atoms with E-state index >= 15 is 0 Å². The third kappa shape index (κ3) is 2.93. The molecule has 2 N–H and O–H groups in total. The highest BCUT2D eigenvalue weighted by molar-refractivity contribution is 7.89. The zero-order valence-corrected chi connectivity index (χ0v) is 11.0. The van der Waals surface area contributed by atoms with E-state index < -0.39 is 38.7 Å². The minimum atomic E-state index is -4.03. The van der Waals surface area contributed by atoms with Gasteiger partial charge in [0.15, 0.2) is 5.82 Å². The van der Waals surface area contributed by atoms with Crippen LogP contribution in [0.15, 0.2) is 17.0 Å². The number of aliphatic hydroxyl groups is 1. The summed E-state index contributed by atoms with van der Waals surface area (Å²) in [4.78, 5) is -0.621. The van der Waals surface area contributed by atoms with E-state index in [9.17, 15) is 17.2 Å². The predicted octanol–water partition coefficient (Wildman–Crippen LogP) is 1.68. The number of hydrogen-bond donors (Lipinski definition) is 2. The van der Waals surface area contributed by atoms with E-state index in [1.807, 2.05) is 0 Å². The molecule has 1 saturated carbocycles. The van der Waals surface area contributed by atoms with Gasteiger partial charge in [-0.15, -0.1) is 0 Å². The zero-order chi connectivity index (χ0) is 14.0. The Morgan fingerprint density at radius 2 is 1.89 bits per heavy atom. The van der Waals surface area contributed by atoms with Gasteiger partial charge in [-0.25, -0.2) is 21.9 Å². The summed E-state index contributed by atoms with van der Waals surface area (Å²) >= 11 is 0. The highest BCUT2D eigenvalue weighted by atomic mass is 32.2. The molecule has 1 aliphatic rings. The van der Waals surface area contributed by atoms with E-state index in [0.717, 1.165) is 37.8 Å². The molecule has 0 atom stereocenters. The minimum absolute atomic E-state index is 0.202. The van der Waals surface area contributed by atoms with Gasteiger partial charge < -0.3 is 5.11 Å². The molecule has 0 aromatic heterocycles. The highest BCUT2D eigenvalue weighted by Gasteiger charge is 2.27. The molecule has 0 amide bonds. The van der Waals surface area contributed by atoms with Crippen LogP contribution in [0.3, 0.4) is 0 Å². The second-order valence-electron chi connectivity index (χ2n) is 4.60. The summed E-state index contributed by atoms with van der Waals surface area (Å²) < 4.78 is 53.6. The van der Waals surface area contributed by atoms with Gasteiger partial charge in [0.25, 0.3) is 0 Å². The monoisotopic (exact) mass is 291 g/mol. The molecule has 0 aliphatic heterocycles. The Balaban J connectivity index is 2.34. The Hall–Kier alpha value is -1.05. The molecule has 4 nitrogen and oxygen atoms in total. The van der Waals surface area contributed by atoms with Gasteiger partial charge in [0, 0.05) is 6.04 Å². The first-order valence-corrected chi connectivity index (χ1v) is 7.54. The van der Waals surface area contributed by atoms with Gasteiger partial charge in [0.2, 0.25) is 10.0 Å². The van der Waals surface area contributed by atoms with Crippen molar-refractivity contribution in [3.05, 3.63) is 29.3 Å². The second-order valence-corrected chi connectivity index (χ2v) is 6.28. The highest BCUT2D eigenvalue weighted by Crippen LogP contribution is 2.24. The van der Waals surface area contributed by atoms with Crippen molar-refractivity contribution < 1.29 is 22.3 Å². The second kappa shape index (κ2) is 5.52.